The second kappa shape index (κ2) is 6.47. The Morgan fingerprint density at radius 3 is 2.75 bits per heavy atom. The van der Waals surface area contributed by atoms with Crippen LogP contribution in [0.4, 0.5) is 11.5 Å². The van der Waals surface area contributed by atoms with Crippen molar-refractivity contribution in [2.75, 3.05) is 32.2 Å². The zero-order valence-electron chi connectivity index (χ0n) is 11.6. The van der Waals surface area contributed by atoms with Crippen LogP contribution in [0.5, 0.6) is 5.88 Å². The van der Waals surface area contributed by atoms with Crippen molar-refractivity contribution in [2.45, 2.75) is 25.7 Å². The Balaban J connectivity index is 2.34. The number of nitrogens with zero attached hydrogens (tertiary/aromatic N) is 3. The molecule has 1 fully saturated rings. The van der Waals surface area contributed by atoms with Gasteiger partial charge in [0.15, 0.2) is 0 Å². The van der Waals surface area contributed by atoms with E-state index in [1.807, 2.05) is 0 Å². The first kappa shape index (κ1) is 14.4. The van der Waals surface area contributed by atoms with E-state index in [-0.39, 0.29) is 23.3 Å². The Labute approximate surface area is 116 Å². The van der Waals surface area contributed by atoms with Gasteiger partial charge in [0.25, 0.3) is 5.88 Å². The van der Waals surface area contributed by atoms with E-state index in [1.165, 1.54) is 0 Å². The van der Waals surface area contributed by atoms with Crippen molar-refractivity contribution in [2.24, 2.45) is 0 Å². The molecule has 0 spiro atoms. The van der Waals surface area contributed by atoms with Gasteiger partial charge in [-0.25, -0.2) is 4.98 Å². The van der Waals surface area contributed by atoms with E-state index in [0.717, 1.165) is 12.8 Å². The van der Waals surface area contributed by atoms with Gasteiger partial charge in [-0.2, -0.15) is 4.98 Å². The zero-order valence-corrected chi connectivity index (χ0v) is 11.6. The topological polar surface area (TPSA) is 99.4 Å². The fourth-order valence-electron chi connectivity index (χ4n) is 1.77. The van der Waals surface area contributed by atoms with Crippen LogP contribution in [0.1, 0.15) is 31.5 Å². The smallest absolute Gasteiger partial charge is 0.372 e. The van der Waals surface area contributed by atoms with Crippen LogP contribution in [0.3, 0.4) is 0 Å². The summed E-state index contributed by atoms with van der Waals surface area (Å²) >= 11 is 0. The molecule has 2 rings (SSSR count). The Morgan fingerprint density at radius 1 is 1.45 bits per heavy atom. The lowest BCUT2D eigenvalue weighted by molar-refractivity contribution is -0.385. The quantitative estimate of drug-likeness (QED) is 0.440. The van der Waals surface area contributed by atoms with E-state index in [4.69, 9.17) is 9.47 Å². The summed E-state index contributed by atoms with van der Waals surface area (Å²) in [6.07, 6.45) is 2.03. The number of ether oxygens (including phenoxy) is 2. The first-order chi connectivity index (χ1) is 9.67. The second-order valence-corrected chi connectivity index (χ2v) is 4.47. The maximum atomic E-state index is 11.2. The molecule has 0 bridgehead atoms. The highest BCUT2D eigenvalue weighted by molar-refractivity contribution is 5.62. The Kier molecular flexibility index (Phi) is 4.67. The summed E-state index contributed by atoms with van der Waals surface area (Å²) in [5.41, 5.74) is -0.215. The van der Waals surface area contributed by atoms with Crippen LogP contribution < -0.4 is 10.1 Å². The number of hydrogen-bond donors (Lipinski definition) is 1. The minimum Gasteiger partial charge on any atom is -0.473 e. The van der Waals surface area contributed by atoms with Crippen molar-refractivity contribution in [1.82, 2.24) is 9.97 Å². The third kappa shape index (κ3) is 3.32. The zero-order chi connectivity index (χ0) is 14.5. The Bertz CT molecular complexity index is 491. The van der Waals surface area contributed by atoms with Crippen LogP contribution in [0.2, 0.25) is 0 Å². The molecule has 0 unspecified atom stereocenters. The minimum absolute atomic E-state index is 0.0364. The molecule has 0 aromatic carbocycles. The number of aromatic nitrogens is 2. The maximum absolute atomic E-state index is 11.2. The Morgan fingerprint density at radius 2 is 2.20 bits per heavy atom. The summed E-state index contributed by atoms with van der Waals surface area (Å²) in [5, 5.41) is 14.1. The summed E-state index contributed by atoms with van der Waals surface area (Å²) in [5.74, 6) is 1.14. The second-order valence-electron chi connectivity index (χ2n) is 4.47. The molecule has 0 atom stereocenters. The summed E-state index contributed by atoms with van der Waals surface area (Å²) in [6.45, 7) is 2.95. The molecule has 0 saturated heterocycles. The van der Waals surface area contributed by atoms with Gasteiger partial charge in [0.05, 0.1) is 18.1 Å². The minimum atomic E-state index is -0.517. The number of nitrogens with one attached hydrogen (secondary N) is 1. The van der Waals surface area contributed by atoms with Gasteiger partial charge in [0, 0.05) is 19.6 Å². The molecule has 0 radical (unpaired) electrons. The summed E-state index contributed by atoms with van der Waals surface area (Å²) in [7, 11) is 1.57. The third-order valence-corrected chi connectivity index (χ3v) is 2.87. The highest BCUT2D eigenvalue weighted by atomic mass is 16.6. The van der Waals surface area contributed by atoms with Gasteiger partial charge >= 0.3 is 5.69 Å². The van der Waals surface area contributed by atoms with Crippen molar-refractivity contribution in [1.29, 1.82) is 0 Å². The van der Waals surface area contributed by atoms with Gasteiger partial charge in [0.2, 0.25) is 5.82 Å². The lowest BCUT2D eigenvalue weighted by Crippen LogP contribution is -2.13. The van der Waals surface area contributed by atoms with Crippen LogP contribution in [-0.2, 0) is 4.74 Å². The number of hydrogen-bond acceptors (Lipinski definition) is 7. The first-order valence-electron chi connectivity index (χ1n) is 6.59. The van der Waals surface area contributed by atoms with Gasteiger partial charge < -0.3 is 14.8 Å². The maximum Gasteiger partial charge on any atom is 0.372 e. The lowest BCUT2D eigenvalue weighted by atomic mass is 10.3. The third-order valence-electron chi connectivity index (χ3n) is 2.87. The average molecular weight is 282 g/mol. The molecule has 1 heterocycles. The van der Waals surface area contributed by atoms with E-state index in [1.54, 1.807) is 14.0 Å². The molecule has 1 aliphatic carbocycles. The van der Waals surface area contributed by atoms with Crippen LogP contribution in [0, 0.1) is 10.1 Å². The lowest BCUT2D eigenvalue weighted by Gasteiger charge is -2.10. The highest BCUT2D eigenvalue weighted by Crippen LogP contribution is 2.41. The average Bonchev–Trinajstić information content (AvgIpc) is 3.23. The predicted molar refractivity (Wildman–Crippen MR) is 72.2 cm³/mol. The van der Waals surface area contributed by atoms with E-state index in [0.29, 0.717) is 25.6 Å². The molecule has 8 heteroatoms. The van der Waals surface area contributed by atoms with Crippen LogP contribution >= 0.6 is 0 Å². The van der Waals surface area contributed by atoms with Crippen molar-refractivity contribution >= 4 is 11.5 Å². The van der Waals surface area contributed by atoms with Crippen LogP contribution in [0.15, 0.2) is 0 Å². The molecule has 20 heavy (non-hydrogen) atoms. The van der Waals surface area contributed by atoms with E-state index in [2.05, 4.69) is 15.3 Å². The van der Waals surface area contributed by atoms with E-state index >= 15 is 0 Å². The van der Waals surface area contributed by atoms with E-state index in [9.17, 15) is 10.1 Å². The van der Waals surface area contributed by atoms with E-state index < -0.39 is 4.92 Å². The van der Waals surface area contributed by atoms with Gasteiger partial charge in [-0.05, 0) is 19.8 Å². The summed E-state index contributed by atoms with van der Waals surface area (Å²) < 4.78 is 10.2. The molecule has 1 N–H and O–H groups in total. The van der Waals surface area contributed by atoms with Crippen molar-refractivity contribution in [3.63, 3.8) is 0 Å². The first-order valence-corrected chi connectivity index (χ1v) is 6.59. The molecular weight excluding hydrogens is 264 g/mol. The van der Waals surface area contributed by atoms with Gasteiger partial charge in [-0.15, -0.1) is 0 Å². The number of methoxy groups -OCH3 is 1. The molecule has 110 valence electrons. The molecule has 8 nitrogen and oxygen atoms in total. The van der Waals surface area contributed by atoms with Crippen molar-refractivity contribution < 1.29 is 14.4 Å². The molecular formula is C12H18N4O4. The van der Waals surface area contributed by atoms with Crippen molar-refractivity contribution in [3.05, 3.63) is 15.9 Å². The largest absolute Gasteiger partial charge is 0.473 e. The van der Waals surface area contributed by atoms with Gasteiger partial charge in [-0.3, -0.25) is 10.1 Å². The fourth-order valence-corrected chi connectivity index (χ4v) is 1.77. The standard InChI is InChI=1S/C12H18N4O4/c1-3-20-12-9(16(17)18)11(13-6-7-19-2)14-10(15-12)8-4-5-8/h8H,3-7H2,1-2H3,(H,13,14,15). The molecule has 1 aromatic rings. The summed E-state index contributed by atoms with van der Waals surface area (Å²) in [6, 6.07) is 0. The fraction of sp³-hybridized carbons (Fsp3) is 0.667. The predicted octanol–water partition coefficient (Wildman–Crippen LogP) is 1.72. The monoisotopic (exact) mass is 282 g/mol. The normalized spacial score (nSPS) is 14.1. The number of anilines is 1. The molecule has 1 aliphatic rings. The molecule has 1 aromatic heterocycles. The number of rotatable bonds is 8. The molecule has 0 amide bonds. The van der Waals surface area contributed by atoms with Crippen LogP contribution in [-0.4, -0.2) is 41.8 Å². The summed E-state index contributed by atoms with van der Waals surface area (Å²) in [4.78, 5) is 19.2. The van der Waals surface area contributed by atoms with Gasteiger partial charge in [-0.1, -0.05) is 0 Å². The molecule has 1 saturated carbocycles. The van der Waals surface area contributed by atoms with Gasteiger partial charge in [0.1, 0.15) is 5.82 Å². The molecule has 0 aliphatic heterocycles. The number of nitro groups is 1. The van der Waals surface area contributed by atoms with Crippen molar-refractivity contribution in [3.8, 4) is 5.88 Å². The van der Waals surface area contributed by atoms with Crippen LogP contribution in [0.25, 0.3) is 0 Å². The highest BCUT2D eigenvalue weighted by Gasteiger charge is 2.32. The SMILES string of the molecule is CCOc1nc(C2CC2)nc(NCCOC)c1[N+](=O)[O-]. The Hall–Kier alpha value is -1.96.